The van der Waals surface area contributed by atoms with Crippen molar-refractivity contribution in [2.24, 2.45) is 5.92 Å². The summed E-state index contributed by atoms with van der Waals surface area (Å²) in [6.45, 7) is 3.77. The minimum absolute atomic E-state index is 0.0171. The summed E-state index contributed by atoms with van der Waals surface area (Å²) in [7, 11) is 2.68. The maximum atomic E-state index is 11.8. The lowest BCUT2D eigenvalue weighted by molar-refractivity contribution is 0.0934. The van der Waals surface area contributed by atoms with Crippen LogP contribution < -0.4 is 5.30 Å². The van der Waals surface area contributed by atoms with Crippen molar-refractivity contribution in [2.75, 3.05) is 0 Å². The molecule has 1 aromatic heterocycles. The van der Waals surface area contributed by atoms with Crippen molar-refractivity contribution in [1.29, 1.82) is 0 Å². The second-order valence-corrected chi connectivity index (χ2v) is 5.39. The Bertz CT molecular complexity index is 560. The number of carbonyl (C=O) groups excluding carboxylic acids is 1. The third kappa shape index (κ3) is 3.05. The van der Waals surface area contributed by atoms with E-state index in [0.29, 0.717) is 5.69 Å². The second kappa shape index (κ2) is 5.45. The van der Waals surface area contributed by atoms with Crippen LogP contribution in [0, 0.1) is 5.92 Å². The van der Waals surface area contributed by atoms with E-state index >= 15 is 0 Å². The van der Waals surface area contributed by atoms with Gasteiger partial charge in [-0.25, -0.2) is 0 Å². The number of carbonyl (C=O) groups is 1. The molecule has 0 aliphatic heterocycles. The Morgan fingerprint density at radius 3 is 2.83 bits per heavy atom. The first kappa shape index (κ1) is 13.0. The molecule has 0 spiro atoms. The van der Waals surface area contributed by atoms with Crippen molar-refractivity contribution in [3.63, 3.8) is 0 Å². The van der Waals surface area contributed by atoms with Crippen molar-refractivity contribution in [1.82, 2.24) is 10.2 Å². The molecule has 1 N–H and O–H groups in total. The number of aromatic nitrogens is 2. The molecule has 2 rings (SSSR count). The highest BCUT2D eigenvalue weighted by molar-refractivity contribution is 7.27. The van der Waals surface area contributed by atoms with Crippen LogP contribution in [0.5, 0.6) is 0 Å². The standard InChI is InChI=1S/C14H17N2OP/c1-9(2)14(17)13-8-11(15-16-13)6-10-4-3-5-12(18)7-10/h3-5,7-9H,6,18H2,1-2H3,(H,15,16). The molecule has 0 saturated carbocycles. The lowest BCUT2D eigenvalue weighted by Gasteiger charge is -2.00. The van der Waals surface area contributed by atoms with E-state index < -0.39 is 0 Å². The van der Waals surface area contributed by atoms with Crippen molar-refractivity contribution < 1.29 is 4.79 Å². The molecule has 0 fully saturated rings. The quantitative estimate of drug-likeness (QED) is 0.677. The number of aromatic amines is 1. The number of benzene rings is 1. The highest BCUT2D eigenvalue weighted by atomic mass is 31.0. The highest BCUT2D eigenvalue weighted by Crippen LogP contribution is 2.11. The summed E-state index contributed by atoms with van der Waals surface area (Å²) in [5.74, 6) is 0.0637. The molecular weight excluding hydrogens is 243 g/mol. The molecule has 1 heterocycles. The smallest absolute Gasteiger partial charge is 0.185 e. The van der Waals surface area contributed by atoms with E-state index in [2.05, 4.69) is 31.6 Å². The fraction of sp³-hybridized carbons (Fsp3) is 0.286. The molecule has 3 nitrogen and oxygen atoms in total. The third-order valence-electron chi connectivity index (χ3n) is 2.75. The number of hydrogen-bond acceptors (Lipinski definition) is 2. The van der Waals surface area contributed by atoms with Gasteiger partial charge in [0.1, 0.15) is 5.69 Å². The van der Waals surface area contributed by atoms with Crippen LogP contribution in [-0.2, 0) is 6.42 Å². The molecule has 18 heavy (non-hydrogen) atoms. The van der Waals surface area contributed by atoms with Gasteiger partial charge in [-0.05, 0) is 16.9 Å². The van der Waals surface area contributed by atoms with E-state index in [0.717, 1.165) is 17.4 Å². The zero-order valence-electron chi connectivity index (χ0n) is 10.6. The largest absolute Gasteiger partial charge is 0.292 e. The molecular formula is C14H17N2OP. The Balaban J connectivity index is 2.14. The minimum Gasteiger partial charge on any atom is -0.292 e. The summed E-state index contributed by atoms with van der Waals surface area (Å²) >= 11 is 0. The lowest BCUT2D eigenvalue weighted by atomic mass is 10.1. The van der Waals surface area contributed by atoms with Crippen LogP contribution in [0.4, 0.5) is 0 Å². The van der Waals surface area contributed by atoms with Gasteiger partial charge < -0.3 is 0 Å². The lowest BCUT2D eigenvalue weighted by Crippen LogP contribution is -2.07. The van der Waals surface area contributed by atoms with Gasteiger partial charge in [0, 0.05) is 18.0 Å². The first-order chi connectivity index (χ1) is 8.56. The highest BCUT2D eigenvalue weighted by Gasteiger charge is 2.14. The normalized spacial score (nSPS) is 10.9. The Kier molecular flexibility index (Phi) is 3.93. The topological polar surface area (TPSA) is 45.8 Å². The predicted molar refractivity (Wildman–Crippen MR) is 76.3 cm³/mol. The molecule has 4 heteroatoms. The van der Waals surface area contributed by atoms with Crippen molar-refractivity contribution in [2.45, 2.75) is 20.3 Å². The fourth-order valence-corrected chi connectivity index (χ4v) is 2.12. The van der Waals surface area contributed by atoms with Gasteiger partial charge in [0.2, 0.25) is 0 Å². The first-order valence-electron chi connectivity index (χ1n) is 5.99. The van der Waals surface area contributed by atoms with Gasteiger partial charge in [-0.1, -0.05) is 38.1 Å². The van der Waals surface area contributed by atoms with Gasteiger partial charge in [-0.3, -0.25) is 9.89 Å². The van der Waals surface area contributed by atoms with Crippen LogP contribution in [0.3, 0.4) is 0 Å². The molecule has 1 atom stereocenters. The zero-order chi connectivity index (χ0) is 13.1. The number of hydrogen-bond donors (Lipinski definition) is 1. The number of ketones is 1. The van der Waals surface area contributed by atoms with Crippen LogP contribution in [0.25, 0.3) is 0 Å². The summed E-state index contributed by atoms with van der Waals surface area (Å²) < 4.78 is 0. The molecule has 2 aromatic rings. The zero-order valence-corrected chi connectivity index (χ0v) is 11.8. The molecule has 0 amide bonds. The Morgan fingerprint density at radius 1 is 1.39 bits per heavy atom. The molecule has 1 unspecified atom stereocenters. The molecule has 0 bridgehead atoms. The molecule has 0 aliphatic carbocycles. The summed E-state index contributed by atoms with van der Waals surface area (Å²) in [6, 6.07) is 10.1. The number of H-pyrrole nitrogens is 1. The number of nitrogens with zero attached hydrogens (tertiary/aromatic N) is 1. The van der Waals surface area contributed by atoms with Crippen molar-refractivity contribution >= 4 is 20.3 Å². The summed E-state index contributed by atoms with van der Waals surface area (Å²) in [4.78, 5) is 11.8. The van der Waals surface area contributed by atoms with Crippen LogP contribution in [0.15, 0.2) is 30.3 Å². The monoisotopic (exact) mass is 260 g/mol. The van der Waals surface area contributed by atoms with E-state index in [1.54, 1.807) is 0 Å². The predicted octanol–water partition coefficient (Wildman–Crippen LogP) is 2.34. The van der Waals surface area contributed by atoms with Gasteiger partial charge in [0.05, 0.1) is 0 Å². The van der Waals surface area contributed by atoms with E-state index in [9.17, 15) is 4.79 Å². The summed E-state index contributed by atoms with van der Waals surface area (Å²) in [5.41, 5.74) is 2.70. The maximum absolute atomic E-state index is 11.8. The van der Waals surface area contributed by atoms with E-state index in [-0.39, 0.29) is 11.7 Å². The number of Topliss-reactive ketones (excluding diaryl/α,β-unsaturated/α-hetero) is 1. The van der Waals surface area contributed by atoms with Crippen LogP contribution in [0.1, 0.15) is 35.6 Å². The van der Waals surface area contributed by atoms with Gasteiger partial charge >= 0.3 is 0 Å². The average molecular weight is 260 g/mol. The number of nitrogens with one attached hydrogen (secondary N) is 1. The van der Waals surface area contributed by atoms with Gasteiger partial charge in [0.25, 0.3) is 0 Å². The Hall–Kier alpha value is -1.47. The molecule has 0 saturated heterocycles. The van der Waals surface area contributed by atoms with Crippen LogP contribution >= 0.6 is 9.24 Å². The third-order valence-corrected chi connectivity index (χ3v) is 3.11. The SMILES string of the molecule is CC(C)C(=O)c1cc(Cc2cccc(P)c2)[nH]n1. The average Bonchev–Trinajstić information content (AvgIpc) is 2.76. The van der Waals surface area contributed by atoms with Gasteiger partial charge in [-0.15, -0.1) is 9.24 Å². The van der Waals surface area contributed by atoms with E-state index in [1.807, 2.05) is 32.0 Å². The first-order valence-corrected chi connectivity index (χ1v) is 6.57. The van der Waals surface area contributed by atoms with Gasteiger partial charge in [0.15, 0.2) is 5.78 Å². The molecule has 0 radical (unpaired) electrons. The van der Waals surface area contributed by atoms with Crippen LogP contribution in [0.2, 0.25) is 0 Å². The molecule has 94 valence electrons. The Morgan fingerprint density at radius 2 is 2.17 bits per heavy atom. The Labute approximate surface area is 109 Å². The second-order valence-electron chi connectivity index (χ2n) is 4.72. The maximum Gasteiger partial charge on any atom is 0.185 e. The summed E-state index contributed by atoms with van der Waals surface area (Å²) in [5, 5.41) is 8.17. The number of rotatable bonds is 4. The molecule has 0 aliphatic rings. The van der Waals surface area contributed by atoms with E-state index in [1.165, 1.54) is 5.56 Å². The van der Waals surface area contributed by atoms with Gasteiger partial charge in [-0.2, -0.15) is 5.10 Å². The minimum atomic E-state index is -0.0171. The van der Waals surface area contributed by atoms with Crippen LogP contribution in [-0.4, -0.2) is 16.0 Å². The molecule has 1 aromatic carbocycles. The fourth-order valence-electron chi connectivity index (χ4n) is 1.80. The van der Waals surface area contributed by atoms with Crippen molar-refractivity contribution in [3.05, 3.63) is 47.3 Å². The van der Waals surface area contributed by atoms with E-state index in [4.69, 9.17) is 0 Å². The summed E-state index contributed by atoms with van der Waals surface area (Å²) in [6.07, 6.45) is 0.764. The van der Waals surface area contributed by atoms with Crippen molar-refractivity contribution in [3.8, 4) is 0 Å².